The van der Waals surface area contributed by atoms with Gasteiger partial charge in [-0.05, 0) is 30.4 Å². The highest BCUT2D eigenvalue weighted by molar-refractivity contribution is 7.80. The Kier molecular flexibility index (Phi) is 5.55. The van der Waals surface area contributed by atoms with Gasteiger partial charge >= 0.3 is 0 Å². The van der Waals surface area contributed by atoms with Gasteiger partial charge in [-0.3, -0.25) is 0 Å². The van der Waals surface area contributed by atoms with Crippen molar-refractivity contribution in [1.82, 2.24) is 0 Å². The number of terminal acetylenes is 1. The summed E-state index contributed by atoms with van der Waals surface area (Å²) in [5.41, 5.74) is 3.34. The van der Waals surface area contributed by atoms with Crippen molar-refractivity contribution in [2.24, 2.45) is 0 Å². The Morgan fingerprint density at radius 3 is 2.50 bits per heavy atom. The highest BCUT2D eigenvalue weighted by Gasteiger charge is 2.11. The van der Waals surface area contributed by atoms with E-state index in [9.17, 15) is 0 Å². The van der Waals surface area contributed by atoms with Crippen LogP contribution in [0.3, 0.4) is 0 Å². The van der Waals surface area contributed by atoms with Gasteiger partial charge in [-0.1, -0.05) is 61.3 Å². The average Bonchev–Trinajstić information content (AvgIpc) is 2.38. The minimum atomic E-state index is 0.306. The zero-order valence-electron chi connectivity index (χ0n) is 10.8. The summed E-state index contributed by atoms with van der Waals surface area (Å²) in [5, 5.41) is 0. The first-order valence-electron chi connectivity index (χ1n) is 5.93. The first-order valence-corrected chi connectivity index (χ1v) is 6.34. The van der Waals surface area contributed by atoms with Crippen LogP contribution in [0.2, 0.25) is 0 Å². The third-order valence-electron chi connectivity index (χ3n) is 2.95. The summed E-state index contributed by atoms with van der Waals surface area (Å²) in [5.74, 6) is 3.04. The molecule has 1 atom stereocenters. The highest BCUT2D eigenvalue weighted by atomic mass is 32.1. The molecule has 1 aromatic rings. The van der Waals surface area contributed by atoms with E-state index in [4.69, 9.17) is 18.6 Å². The van der Waals surface area contributed by atoms with Gasteiger partial charge in [0.2, 0.25) is 0 Å². The largest absolute Gasteiger partial charge is 0.120 e. The van der Waals surface area contributed by atoms with E-state index in [-0.39, 0.29) is 0 Å². The summed E-state index contributed by atoms with van der Waals surface area (Å²) >= 11 is 5.15. The SMILES string of the molecule is C#CCC(CC(=C)C=C)c1ccc(C(C)=S)cc1. The van der Waals surface area contributed by atoms with Gasteiger partial charge in [-0.15, -0.1) is 12.3 Å². The fourth-order valence-electron chi connectivity index (χ4n) is 1.84. The second-order valence-corrected chi connectivity index (χ2v) is 4.96. The predicted octanol–water partition coefficient (Wildman–Crippen LogP) is 4.66. The first-order chi connectivity index (χ1) is 8.58. The number of benzene rings is 1. The van der Waals surface area contributed by atoms with Gasteiger partial charge < -0.3 is 0 Å². The maximum Gasteiger partial charge on any atom is 0.0193 e. The Morgan fingerprint density at radius 2 is 2.06 bits per heavy atom. The standard InChI is InChI=1S/C17H18S/c1-5-7-17(12-13(3)6-2)16-10-8-15(9-11-16)14(4)18/h1,6,8-11,17H,2-3,7,12H2,4H3. The summed E-state index contributed by atoms with van der Waals surface area (Å²) in [6, 6.07) is 8.31. The molecule has 0 radical (unpaired) electrons. The zero-order valence-corrected chi connectivity index (χ0v) is 11.6. The smallest absolute Gasteiger partial charge is 0.0193 e. The maximum atomic E-state index is 5.44. The number of hydrogen-bond donors (Lipinski definition) is 0. The predicted molar refractivity (Wildman–Crippen MR) is 84.0 cm³/mol. The van der Waals surface area contributed by atoms with Gasteiger partial charge in [0.15, 0.2) is 0 Å². The van der Waals surface area contributed by atoms with E-state index in [1.807, 2.05) is 6.92 Å². The monoisotopic (exact) mass is 254 g/mol. The van der Waals surface area contributed by atoms with Crippen LogP contribution in [0, 0.1) is 12.3 Å². The van der Waals surface area contributed by atoms with Crippen molar-refractivity contribution in [3.05, 3.63) is 60.2 Å². The molecule has 1 unspecified atom stereocenters. The highest BCUT2D eigenvalue weighted by Crippen LogP contribution is 2.27. The number of thiocarbonyl (C=S) groups is 1. The fraction of sp³-hybridized carbons (Fsp3) is 0.235. The summed E-state index contributed by atoms with van der Waals surface area (Å²) < 4.78 is 0. The molecule has 0 aliphatic carbocycles. The second-order valence-electron chi connectivity index (χ2n) is 4.35. The Balaban J connectivity index is 2.92. The molecular weight excluding hydrogens is 236 g/mol. The quantitative estimate of drug-likeness (QED) is 0.308. The van der Waals surface area contributed by atoms with E-state index in [1.54, 1.807) is 6.08 Å². The van der Waals surface area contributed by atoms with E-state index in [0.29, 0.717) is 12.3 Å². The van der Waals surface area contributed by atoms with Gasteiger partial charge in [-0.25, -0.2) is 0 Å². The lowest BCUT2D eigenvalue weighted by Crippen LogP contribution is -2.00. The van der Waals surface area contributed by atoms with Crippen LogP contribution in [0.5, 0.6) is 0 Å². The molecule has 1 heteroatoms. The molecule has 0 saturated carbocycles. The molecular formula is C17H18S. The third kappa shape index (κ3) is 3.98. The van der Waals surface area contributed by atoms with E-state index < -0.39 is 0 Å². The lowest BCUT2D eigenvalue weighted by molar-refractivity contribution is 0.711. The molecule has 0 saturated heterocycles. The summed E-state index contributed by atoms with van der Waals surface area (Å²) in [6.45, 7) is 9.63. The van der Waals surface area contributed by atoms with Crippen LogP contribution in [-0.2, 0) is 0 Å². The van der Waals surface area contributed by atoms with Crippen molar-refractivity contribution in [1.29, 1.82) is 0 Å². The topological polar surface area (TPSA) is 0 Å². The molecule has 18 heavy (non-hydrogen) atoms. The number of hydrogen-bond acceptors (Lipinski definition) is 1. The molecule has 1 rings (SSSR count). The molecule has 0 fully saturated rings. The van der Waals surface area contributed by atoms with Crippen molar-refractivity contribution in [2.45, 2.75) is 25.7 Å². The lowest BCUT2D eigenvalue weighted by atomic mass is 9.89. The van der Waals surface area contributed by atoms with Crippen molar-refractivity contribution in [3.8, 4) is 12.3 Å². The van der Waals surface area contributed by atoms with Crippen molar-refractivity contribution in [2.75, 3.05) is 0 Å². The Bertz CT molecular complexity index is 485. The molecule has 0 bridgehead atoms. The first kappa shape index (κ1) is 14.4. The molecule has 0 aromatic heterocycles. The Hall–Kier alpha value is -1.65. The molecule has 1 aromatic carbocycles. The van der Waals surface area contributed by atoms with Gasteiger partial charge in [0, 0.05) is 11.3 Å². The minimum Gasteiger partial charge on any atom is -0.120 e. The average molecular weight is 254 g/mol. The number of rotatable bonds is 6. The van der Waals surface area contributed by atoms with Crippen LogP contribution in [0.4, 0.5) is 0 Å². The van der Waals surface area contributed by atoms with Crippen LogP contribution >= 0.6 is 12.2 Å². The Labute approximate surface area is 115 Å². The van der Waals surface area contributed by atoms with Crippen molar-refractivity contribution >= 4 is 17.1 Å². The Morgan fingerprint density at radius 1 is 1.44 bits per heavy atom. The molecule has 0 nitrogen and oxygen atoms in total. The van der Waals surface area contributed by atoms with E-state index in [1.165, 1.54) is 5.56 Å². The summed E-state index contributed by atoms with van der Waals surface area (Å²) in [4.78, 5) is 0.908. The van der Waals surface area contributed by atoms with Crippen LogP contribution in [0.15, 0.2) is 49.1 Å². The molecule has 0 spiro atoms. The molecule has 0 N–H and O–H groups in total. The van der Waals surface area contributed by atoms with Gasteiger partial charge in [0.1, 0.15) is 0 Å². The lowest BCUT2D eigenvalue weighted by Gasteiger charge is -2.15. The van der Waals surface area contributed by atoms with Crippen LogP contribution in [-0.4, -0.2) is 4.86 Å². The zero-order chi connectivity index (χ0) is 13.5. The van der Waals surface area contributed by atoms with E-state index in [2.05, 4.69) is 43.3 Å². The minimum absolute atomic E-state index is 0.306. The summed E-state index contributed by atoms with van der Waals surface area (Å²) in [7, 11) is 0. The third-order valence-corrected chi connectivity index (χ3v) is 3.19. The molecule has 0 heterocycles. The normalized spacial score (nSPS) is 11.3. The van der Waals surface area contributed by atoms with Crippen LogP contribution in [0.1, 0.15) is 36.8 Å². The summed E-state index contributed by atoms with van der Waals surface area (Å²) in [6.07, 6.45) is 8.79. The van der Waals surface area contributed by atoms with Crippen LogP contribution < -0.4 is 0 Å². The molecule has 0 amide bonds. The number of allylic oxidation sites excluding steroid dienone is 2. The van der Waals surface area contributed by atoms with E-state index >= 15 is 0 Å². The molecule has 0 aliphatic heterocycles. The van der Waals surface area contributed by atoms with Crippen LogP contribution in [0.25, 0.3) is 0 Å². The van der Waals surface area contributed by atoms with Gasteiger partial charge in [0.25, 0.3) is 0 Å². The molecule has 0 aliphatic rings. The van der Waals surface area contributed by atoms with Gasteiger partial charge in [0.05, 0.1) is 0 Å². The van der Waals surface area contributed by atoms with Gasteiger partial charge in [-0.2, -0.15) is 0 Å². The fourth-order valence-corrected chi connectivity index (χ4v) is 1.98. The van der Waals surface area contributed by atoms with Crippen molar-refractivity contribution < 1.29 is 0 Å². The van der Waals surface area contributed by atoms with E-state index in [0.717, 1.165) is 22.4 Å². The molecule has 92 valence electrons. The van der Waals surface area contributed by atoms with Crippen molar-refractivity contribution in [3.63, 3.8) is 0 Å². The maximum absolute atomic E-state index is 5.44. The second kappa shape index (κ2) is 6.93.